The summed E-state index contributed by atoms with van der Waals surface area (Å²) < 4.78 is 0. The largest absolute Gasteiger partial charge is 0.322 e. The number of rotatable bonds is 5. The smallest absolute Gasteiger partial charge is 0.265 e. The Hall–Kier alpha value is -2.51. The molecule has 0 unspecified atom stereocenters. The maximum atomic E-state index is 12.8. The van der Waals surface area contributed by atoms with E-state index in [-0.39, 0.29) is 5.56 Å². The normalized spacial score (nSPS) is 10.7. The fraction of sp³-hybridized carbons (Fsp3) is 0.190. The van der Waals surface area contributed by atoms with Gasteiger partial charge in [0.15, 0.2) is 0 Å². The van der Waals surface area contributed by atoms with Gasteiger partial charge in [-0.2, -0.15) is 0 Å². The molecule has 7 heteroatoms. The molecule has 0 bridgehead atoms. The summed E-state index contributed by atoms with van der Waals surface area (Å²) in [7, 11) is 0. The van der Waals surface area contributed by atoms with Gasteiger partial charge in [-0.05, 0) is 61.8 Å². The Bertz CT molecular complexity index is 1080. The lowest BCUT2D eigenvalue weighted by Gasteiger charge is -2.11. The fourth-order valence-electron chi connectivity index (χ4n) is 2.70. The lowest BCUT2D eigenvalue weighted by molar-refractivity contribution is 0.102. The molecule has 0 spiro atoms. The zero-order valence-corrected chi connectivity index (χ0v) is 17.8. The number of aryl methyl sites for hydroxylation is 2. The molecule has 0 saturated carbocycles. The number of thioether (sulfide) groups is 2. The number of H-pyrrole nitrogens is 1. The fourth-order valence-corrected chi connectivity index (χ4v) is 3.68. The average Bonchev–Trinajstić information content (AvgIpc) is 2.70. The lowest BCUT2D eigenvalue weighted by atomic mass is 10.1. The number of benzene rings is 2. The maximum Gasteiger partial charge on any atom is 0.265 e. The van der Waals surface area contributed by atoms with Crippen LogP contribution in [0.4, 0.5) is 5.69 Å². The molecular formula is C21H21N3O2S2. The molecule has 1 heterocycles. The van der Waals surface area contributed by atoms with E-state index in [1.165, 1.54) is 11.8 Å². The van der Waals surface area contributed by atoms with Crippen LogP contribution in [-0.4, -0.2) is 28.4 Å². The first kappa shape index (κ1) is 20.2. The quantitative estimate of drug-likeness (QED) is 0.468. The molecule has 2 N–H and O–H groups in total. The van der Waals surface area contributed by atoms with Crippen molar-refractivity contribution in [2.24, 2.45) is 0 Å². The molecule has 3 rings (SSSR count). The van der Waals surface area contributed by atoms with Crippen LogP contribution in [0.3, 0.4) is 0 Å². The lowest BCUT2D eigenvalue weighted by Crippen LogP contribution is -2.26. The Labute approximate surface area is 172 Å². The Morgan fingerprint density at radius 2 is 1.71 bits per heavy atom. The van der Waals surface area contributed by atoms with E-state index in [1.807, 2.05) is 62.6 Å². The van der Waals surface area contributed by atoms with Crippen molar-refractivity contribution in [2.45, 2.75) is 23.8 Å². The van der Waals surface area contributed by atoms with Crippen LogP contribution in [0.5, 0.6) is 0 Å². The predicted molar refractivity (Wildman–Crippen MR) is 118 cm³/mol. The van der Waals surface area contributed by atoms with Gasteiger partial charge in [0.2, 0.25) is 0 Å². The molecule has 2 aromatic carbocycles. The highest BCUT2D eigenvalue weighted by atomic mass is 32.2. The molecular weight excluding hydrogens is 390 g/mol. The van der Waals surface area contributed by atoms with Gasteiger partial charge in [0, 0.05) is 16.1 Å². The van der Waals surface area contributed by atoms with Crippen LogP contribution in [0, 0.1) is 13.8 Å². The van der Waals surface area contributed by atoms with Gasteiger partial charge in [0.05, 0.1) is 0 Å². The maximum absolute atomic E-state index is 12.8. The van der Waals surface area contributed by atoms with Gasteiger partial charge in [-0.3, -0.25) is 9.59 Å². The summed E-state index contributed by atoms with van der Waals surface area (Å²) in [5, 5.41) is 3.20. The van der Waals surface area contributed by atoms with Crippen molar-refractivity contribution in [3.63, 3.8) is 0 Å². The third-order valence-corrected chi connectivity index (χ3v) is 5.86. The second-order valence-electron chi connectivity index (χ2n) is 6.28. The monoisotopic (exact) mass is 411 g/mol. The van der Waals surface area contributed by atoms with Crippen LogP contribution in [0.25, 0.3) is 11.4 Å². The number of hydrogen-bond acceptors (Lipinski definition) is 5. The highest BCUT2D eigenvalue weighted by molar-refractivity contribution is 7.98. The second-order valence-corrected chi connectivity index (χ2v) is 7.96. The van der Waals surface area contributed by atoms with Crippen molar-refractivity contribution in [3.05, 3.63) is 69.5 Å². The molecule has 0 aliphatic carbocycles. The molecule has 5 nitrogen and oxygen atoms in total. The van der Waals surface area contributed by atoms with Crippen LogP contribution < -0.4 is 10.9 Å². The molecule has 28 heavy (non-hydrogen) atoms. The number of aromatic amines is 1. The van der Waals surface area contributed by atoms with E-state index in [0.29, 0.717) is 16.5 Å². The Morgan fingerprint density at radius 1 is 1.00 bits per heavy atom. The van der Waals surface area contributed by atoms with Gasteiger partial charge in [-0.25, -0.2) is 4.98 Å². The van der Waals surface area contributed by atoms with E-state index in [4.69, 9.17) is 0 Å². The number of nitrogens with one attached hydrogen (secondary N) is 2. The van der Waals surface area contributed by atoms with Crippen molar-refractivity contribution in [3.8, 4) is 11.4 Å². The molecule has 0 atom stereocenters. The summed E-state index contributed by atoms with van der Waals surface area (Å²) in [5.74, 6) is -0.0182. The summed E-state index contributed by atoms with van der Waals surface area (Å²) in [4.78, 5) is 33.8. The number of amides is 1. The minimum Gasteiger partial charge on any atom is -0.322 e. The Balaban J connectivity index is 1.95. The number of anilines is 1. The van der Waals surface area contributed by atoms with Gasteiger partial charge < -0.3 is 10.3 Å². The van der Waals surface area contributed by atoms with Crippen molar-refractivity contribution in [1.82, 2.24) is 9.97 Å². The van der Waals surface area contributed by atoms with Crippen LogP contribution in [0.1, 0.15) is 21.5 Å². The van der Waals surface area contributed by atoms with Crippen molar-refractivity contribution in [1.29, 1.82) is 0 Å². The van der Waals surface area contributed by atoms with Crippen LogP contribution in [0.2, 0.25) is 0 Å². The molecule has 0 aliphatic rings. The van der Waals surface area contributed by atoms with E-state index >= 15 is 0 Å². The van der Waals surface area contributed by atoms with Crippen LogP contribution in [0.15, 0.2) is 57.2 Å². The molecule has 1 amide bonds. The van der Waals surface area contributed by atoms with E-state index in [1.54, 1.807) is 18.0 Å². The predicted octanol–water partition coefficient (Wildman–Crippen LogP) is 4.75. The zero-order chi connectivity index (χ0) is 20.3. The Morgan fingerprint density at radius 3 is 2.32 bits per heavy atom. The minimum absolute atomic E-state index is 0.0233. The van der Waals surface area contributed by atoms with Gasteiger partial charge in [0.1, 0.15) is 16.4 Å². The molecule has 0 radical (unpaired) electrons. The summed E-state index contributed by atoms with van der Waals surface area (Å²) in [5.41, 5.74) is 3.22. The number of aromatic nitrogens is 2. The second kappa shape index (κ2) is 8.67. The SMILES string of the molecule is CSc1ccc(-c2nc(SC)c(C(=O)Nc3ccc(C)c(C)c3)c(=O)[nH]2)cc1. The number of nitrogens with zero attached hydrogens (tertiary/aromatic N) is 1. The highest BCUT2D eigenvalue weighted by Gasteiger charge is 2.19. The first-order chi connectivity index (χ1) is 13.4. The van der Waals surface area contributed by atoms with Crippen molar-refractivity contribution in [2.75, 3.05) is 17.8 Å². The molecule has 3 aromatic rings. The van der Waals surface area contributed by atoms with Gasteiger partial charge in [-0.15, -0.1) is 23.5 Å². The van der Waals surface area contributed by atoms with Crippen molar-refractivity contribution >= 4 is 35.1 Å². The minimum atomic E-state index is -0.467. The van der Waals surface area contributed by atoms with Crippen LogP contribution >= 0.6 is 23.5 Å². The third kappa shape index (κ3) is 4.31. The average molecular weight is 412 g/mol. The summed E-state index contributed by atoms with van der Waals surface area (Å²) in [6.45, 7) is 3.98. The standard InChI is InChI=1S/C21H21N3O2S2/c1-12-5-8-15(11-13(12)2)22-19(25)17-20(26)23-18(24-21(17)28-4)14-6-9-16(27-3)10-7-14/h5-11H,1-4H3,(H,22,25)(H,23,24,26). The first-order valence-electron chi connectivity index (χ1n) is 8.64. The van der Waals surface area contributed by atoms with Gasteiger partial charge in [0.25, 0.3) is 11.5 Å². The van der Waals surface area contributed by atoms with Crippen molar-refractivity contribution < 1.29 is 4.79 Å². The number of carbonyl (C=O) groups is 1. The molecule has 0 fully saturated rings. The first-order valence-corrected chi connectivity index (χ1v) is 11.1. The van der Waals surface area contributed by atoms with E-state index in [9.17, 15) is 9.59 Å². The zero-order valence-electron chi connectivity index (χ0n) is 16.1. The topological polar surface area (TPSA) is 74.8 Å². The third-order valence-electron chi connectivity index (χ3n) is 4.43. The summed E-state index contributed by atoms with van der Waals surface area (Å²) in [6, 6.07) is 13.4. The Kier molecular flexibility index (Phi) is 6.26. The molecule has 1 aromatic heterocycles. The highest BCUT2D eigenvalue weighted by Crippen LogP contribution is 2.23. The van der Waals surface area contributed by atoms with Gasteiger partial charge in [-0.1, -0.05) is 18.2 Å². The van der Waals surface area contributed by atoms with Crippen LogP contribution in [-0.2, 0) is 0 Å². The number of hydrogen-bond donors (Lipinski definition) is 2. The van der Waals surface area contributed by atoms with E-state index < -0.39 is 11.5 Å². The van der Waals surface area contributed by atoms with E-state index in [0.717, 1.165) is 21.6 Å². The molecule has 0 saturated heterocycles. The number of carbonyl (C=O) groups excluding carboxylic acids is 1. The molecule has 144 valence electrons. The molecule has 0 aliphatic heterocycles. The summed E-state index contributed by atoms with van der Waals surface area (Å²) >= 11 is 2.92. The van der Waals surface area contributed by atoms with Gasteiger partial charge >= 0.3 is 0 Å². The summed E-state index contributed by atoms with van der Waals surface area (Å²) in [6.07, 6.45) is 3.80. The van der Waals surface area contributed by atoms with E-state index in [2.05, 4.69) is 15.3 Å².